The van der Waals surface area contributed by atoms with Crippen molar-refractivity contribution in [2.75, 3.05) is 6.54 Å². The summed E-state index contributed by atoms with van der Waals surface area (Å²) < 4.78 is 1.05. The maximum atomic E-state index is 11.7. The molecule has 0 saturated heterocycles. The fourth-order valence-corrected chi connectivity index (χ4v) is 2.08. The first-order valence-electron chi connectivity index (χ1n) is 6.00. The number of nitrogens with one attached hydrogen (secondary N) is 1. The smallest absolute Gasteiger partial charge is 0.137 e. The Labute approximate surface area is 112 Å². The van der Waals surface area contributed by atoms with E-state index in [9.17, 15) is 4.79 Å². The second kappa shape index (κ2) is 6.92. The standard InChI is InChI=1S/C14H20BrNO/c1-10(2)16-9-8-14(11(3)17)12-4-6-13(15)7-5-12/h4-7,10,14,16H,8-9H2,1-3H3. The molecule has 1 rings (SSSR count). The van der Waals surface area contributed by atoms with Crippen molar-refractivity contribution in [2.45, 2.75) is 39.2 Å². The predicted molar refractivity (Wildman–Crippen MR) is 75.3 cm³/mol. The Morgan fingerprint density at radius 3 is 2.35 bits per heavy atom. The lowest BCUT2D eigenvalue weighted by molar-refractivity contribution is -0.118. The number of carbonyl (C=O) groups is 1. The largest absolute Gasteiger partial charge is 0.314 e. The molecule has 0 fully saturated rings. The van der Waals surface area contributed by atoms with E-state index >= 15 is 0 Å². The van der Waals surface area contributed by atoms with Crippen LogP contribution < -0.4 is 5.32 Å². The molecule has 3 heteroatoms. The van der Waals surface area contributed by atoms with Gasteiger partial charge < -0.3 is 5.32 Å². The van der Waals surface area contributed by atoms with E-state index in [4.69, 9.17) is 0 Å². The highest BCUT2D eigenvalue weighted by Gasteiger charge is 2.16. The lowest BCUT2D eigenvalue weighted by Gasteiger charge is -2.16. The van der Waals surface area contributed by atoms with Gasteiger partial charge in [-0.2, -0.15) is 0 Å². The molecule has 1 unspecified atom stereocenters. The van der Waals surface area contributed by atoms with Gasteiger partial charge in [0.15, 0.2) is 0 Å². The molecule has 0 amide bonds. The van der Waals surface area contributed by atoms with Gasteiger partial charge in [0.05, 0.1) is 0 Å². The monoisotopic (exact) mass is 297 g/mol. The van der Waals surface area contributed by atoms with Gasteiger partial charge >= 0.3 is 0 Å². The van der Waals surface area contributed by atoms with Crippen molar-refractivity contribution in [3.8, 4) is 0 Å². The van der Waals surface area contributed by atoms with Crippen LogP contribution in [0.2, 0.25) is 0 Å². The van der Waals surface area contributed by atoms with Gasteiger partial charge in [0.2, 0.25) is 0 Å². The van der Waals surface area contributed by atoms with Gasteiger partial charge in [-0.15, -0.1) is 0 Å². The van der Waals surface area contributed by atoms with E-state index in [1.54, 1.807) is 6.92 Å². The summed E-state index contributed by atoms with van der Waals surface area (Å²) in [5, 5.41) is 3.35. The Morgan fingerprint density at radius 2 is 1.88 bits per heavy atom. The van der Waals surface area contributed by atoms with Crippen LogP contribution in [0.3, 0.4) is 0 Å². The summed E-state index contributed by atoms with van der Waals surface area (Å²) in [5.74, 6) is 0.243. The number of Topliss-reactive ketones (excluding diaryl/α,β-unsaturated/α-hetero) is 1. The zero-order valence-electron chi connectivity index (χ0n) is 10.7. The average molecular weight is 298 g/mol. The van der Waals surface area contributed by atoms with Crippen LogP contribution in [0.15, 0.2) is 28.7 Å². The topological polar surface area (TPSA) is 29.1 Å². The summed E-state index contributed by atoms with van der Waals surface area (Å²) in [6.45, 7) is 6.77. The van der Waals surface area contributed by atoms with E-state index in [0.717, 1.165) is 23.0 Å². The van der Waals surface area contributed by atoms with Crippen LogP contribution in [0, 0.1) is 0 Å². The predicted octanol–water partition coefficient (Wildman–Crippen LogP) is 3.51. The summed E-state index contributed by atoms with van der Waals surface area (Å²) in [7, 11) is 0. The van der Waals surface area contributed by atoms with E-state index in [0.29, 0.717) is 6.04 Å². The summed E-state index contributed by atoms with van der Waals surface area (Å²) in [6, 6.07) is 8.48. The van der Waals surface area contributed by atoms with Crippen LogP contribution in [0.1, 0.15) is 38.7 Å². The number of halogens is 1. The fraction of sp³-hybridized carbons (Fsp3) is 0.500. The summed E-state index contributed by atoms with van der Waals surface area (Å²) in [4.78, 5) is 11.7. The molecule has 0 radical (unpaired) electrons. The van der Waals surface area contributed by atoms with Crippen LogP contribution in [0.5, 0.6) is 0 Å². The van der Waals surface area contributed by atoms with Gasteiger partial charge in [0.1, 0.15) is 5.78 Å². The van der Waals surface area contributed by atoms with Gasteiger partial charge in [0.25, 0.3) is 0 Å². The lowest BCUT2D eigenvalue weighted by atomic mass is 9.92. The highest BCUT2D eigenvalue weighted by atomic mass is 79.9. The molecule has 17 heavy (non-hydrogen) atoms. The lowest BCUT2D eigenvalue weighted by Crippen LogP contribution is -2.26. The van der Waals surface area contributed by atoms with Crippen molar-refractivity contribution in [1.29, 1.82) is 0 Å². The number of benzene rings is 1. The summed E-state index contributed by atoms with van der Waals surface area (Å²) in [6.07, 6.45) is 0.856. The van der Waals surface area contributed by atoms with Crippen LogP contribution >= 0.6 is 15.9 Å². The molecule has 1 N–H and O–H groups in total. The van der Waals surface area contributed by atoms with E-state index in [-0.39, 0.29) is 11.7 Å². The van der Waals surface area contributed by atoms with E-state index < -0.39 is 0 Å². The molecule has 0 aliphatic carbocycles. The zero-order chi connectivity index (χ0) is 12.8. The third-order valence-electron chi connectivity index (χ3n) is 2.75. The van der Waals surface area contributed by atoms with E-state index in [1.807, 2.05) is 24.3 Å². The highest BCUT2D eigenvalue weighted by molar-refractivity contribution is 9.10. The first kappa shape index (κ1) is 14.4. The first-order chi connectivity index (χ1) is 8.00. The Morgan fingerprint density at radius 1 is 1.29 bits per heavy atom. The summed E-state index contributed by atoms with van der Waals surface area (Å²) >= 11 is 3.41. The minimum absolute atomic E-state index is 0.00866. The molecule has 94 valence electrons. The second-order valence-corrected chi connectivity index (χ2v) is 5.53. The van der Waals surface area contributed by atoms with Crippen molar-refractivity contribution in [2.24, 2.45) is 0 Å². The first-order valence-corrected chi connectivity index (χ1v) is 6.79. The molecule has 0 spiro atoms. The molecule has 0 aliphatic heterocycles. The Balaban J connectivity index is 2.66. The van der Waals surface area contributed by atoms with Crippen LogP contribution in [0.25, 0.3) is 0 Å². The SMILES string of the molecule is CC(=O)C(CCNC(C)C)c1ccc(Br)cc1. The normalized spacial score (nSPS) is 12.8. The fourth-order valence-electron chi connectivity index (χ4n) is 1.82. The quantitative estimate of drug-likeness (QED) is 0.870. The van der Waals surface area contributed by atoms with Crippen molar-refractivity contribution in [3.63, 3.8) is 0 Å². The van der Waals surface area contributed by atoms with Gasteiger partial charge in [-0.1, -0.05) is 41.9 Å². The Bertz CT molecular complexity index is 359. The van der Waals surface area contributed by atoms with Crippen molar-refractivity contribution in [3.05, 3.63) is 34.3 Å². The number of carbonyl (C=O) groups excluding carboxylic acids is 1. The minimum atomic E-state index is 0.00866. The number of ketones is 1. The Kier molecular flexibility index (Phi) is 5.86. The number of hydrogen-bond donors (Lipinski definition) is 1. The number of rotatable bonds is 6. The minimum Gasteiger partial charge on any atom is -0.314 e. The van der Waals surface area contributed by atoms with E-state index in [2.05, 4.69) is 35.1 Å². The molecular formula is C14H20BrNO. The van der Waals surface area contributed by atoms with Crippen LogP contribution in [-0.4, -0.2) is 18.4 Å². The molecule has 1 atom stereocenters. The van der Waals surface area contributed by atoms with Gasteiger partial charge in [-0.05, 0) is 37.6 Å². The average Bonchev–Trinajstić information content (AvgIpc) is 2.25. The van der Waals surface area contributed by atoms with Crippen LogP contribution in [0.4, 0.5) is 0 Å². The Hall–Kier alpha value is -0.670. The molecule has 0 heterocycles. The number of hydrogen-bond acceptors (Lipinski definition) is 2. The molecular weight excluding hydrogens is 278 g/mol. The summed E-state index contributed by atoms with van der Waals surface area (Å²) in [5.41, 5.74) is 1.10. The van der Waals surface area contributed by atoms with Crippen LogP contribution in [-0.2, 0) is 4.79 Å². The molecule has 0 aromatic heterocycles. The molecule has 1 aromatic carbocycles. The van der Waals surface area contributed by atoms with Gasteiger partial charge in [-0.3, -0.25) is 4.79 Å². The molecule has 1 aromatic rings. The third kappa shape index (κ3) is 5.00. The molecule has 0 aliphatic rings. The van der Waals surface area contributed by atoms with E-state index in [1.165, 1.54) is 0 Å². The van der Waals surface area contributed by atoms with Crippen molar-refractivity contribution < 1.29 is 4.79 Å². The zero-order valence-corrected chi connectivity index (χ0v) is 12.3. The maximum absolute atomic E-state index is 11.7. The van der Waals surface area contributed by atoms with Gasteiger partial charge in [-0.25, -0.2) is 0 Å². The third-order valence-corrected chi connectivity index (χ3v) is 3.28. The van der Waals surface area contributed by atoms with Crippen molar-refractivity contribution >= 4 is 21.7 Å². The van der Waals surface area contributed by atoms with Gasteiger partial charge in [0, 0.05) is 16.4 Å². The van der Waals surface area contributed by atoms with Crippen molar-refractivity contribution in [1.82, 2.24) is 5.32 Å². The maximum Gasteiger partial charge on any atom is 0.137 e. The second-order valence-electron chi connectivity index (χ2n) is 4.61. The molecule has 0 saturated carbocycles. The molecule has 0 bridgehead atoms. The highest BCUT2D eigenvalue weighted by Crippen LogP contribution is 2.22. The molecule has 2 nitrogen and oxygen atoms in total.